The molecule has 0 aliphatic rings. The Morgan fingerprint density at radius 1 is 1.43 bits per heavy atom. The summed E-state index contributed by atoms with van der Waals surface area (Å²) in [5.74, 6) is -0.502. The molecule has 10 heteroatoms. The van der Waals surface area contributed by atoms with Crippen LogP contribution >= 0.6 is 31.9 Å². The summed E-state index contributed by atoms with van der Waals surface area (Å²) in [5, 5.41) is 23.1. The van der Waals surface area contributed by atoms with E-state index in [0.717, 1.165) is 4.47 Å². The summed E-state index contributed by atoms with van der Waals surface area (Å²) in [6, 6.07) is 7.06. The van der Waals surface area contributed by atoms with Crippen LogP contribution < -0.4 is 10.2 Å². The van der Waals surface area contributed by atoms with Gasteiger partial charge in [-0.05, 0) is 41.1 Å². The fourth-order valence-electron chi connectivity index (χ4n) is 2.23. The molecule has 1 amide bonds. The number of carbonyl (C=O) groups excluding carboxylic acids is 1. The molecule has 0 bridgehead atoms. The van der Waals surface area contributed by atoms with Gasteiger partial charge >= 0.3 is 0 Å². The van der Waals surface area contributed by atoms with Gasteiger partial charge < -0.3 is 14.6 Å². The minimum absolute atomic E-state index is 0.00857. The van der Waals surface area contributed by atoms with Gasteiger partial charge in [-0.1, -0.05) is 15.9 Å². The Labute approximate surface area is 178 Å². The minimum Gasteiger partial charge on any atom is -0.506 e. The smallest absolute Gasteiger partial charge is 0.278 e. The van der Waals surface area contributed by atoms with Gasteiger partial charge in [-0.3, -0.25) is 4.79 Å². The fraction of sp³-hybridized carbons (Fsp3) is 0.222. The van der Waals surface area contributed by atoms with Crippen LogP contribution in [0.3, 0.4) is 0 Å². The third kappa shape index (κ3) is 5.76. The number of ether oxygens (including phenoxy) is 2. The SMILES string of the molecule is COCc1cc(C)nc(OCC(=O)N/N=C\c2cc(Br)cc(Br)c2O)c1C#N. The zero-order chi connectivity index (χ0) is 20.7. The van der Waals surface area contributed by atoms with Gasteiger partial charge in [0, 0.05) is 28.4 Å². The van der Waals surface area contributed by atoms with Crippen LogP contribution in [0.15, 0.2) is 32.2 Å². The van der Waals surface area contributed by atoms with Crippen LogP contribution in [-0.2, 0) is 16.1 Å². The molecule has 28 heavy (non-hydrogen) atoms. The number of aryl methyl sites for hydroxylation is 1. The molecule has 146 valence electrons. The number of aromatic nitrogens is 1. The number of nitrogens with one attached hydrogen (secondary N) is 1. The predicted molar refractivity (Wildman–Crippen MR) is 109 cm³/mol. The van der Waals surface area contributed by atoms with Crippen molar-refractivity contribution in [2.45, 2.75) is 13.5 Å². The highest BCUT2D eigenvalue weighted by Gasteiger charge is 2.14. The Morgan fingerprint density at radius 3 is 2.86 bits per heavy atom. The van der Waals surface area contributed by atoms with E-state index in [2.05, 4.69) is 47.4 Å². The number of rotatable bonds is 7. The monoisotopic (exact) mass is 510 g/mol. The van der Waals surface area contributed by atoms with E-state index in [0.29, 0.717) is 21.3 Å². The lowest BCUT2D eigenvalue weighted by Gasteiger charge is -2.10. The average molecular weight is 512 g/mol. The molecule has 1 aromatic heterocycles. The number of pyridine rings is 1. The third-order valence-corrected chi connectivity index (χ3v) is 4.46. The van der Waals surface area contributed by atoms with Crippen molar-refractivity contribution in [1.82, 2.24) is 10.4 Å². The number of carbonyl (C=O) groups is 1. The molecule has 0 fully saturated rings. The number of phenols is 1. The highest BCUT2D eigenvalue weighted by atomic mass is 79.9. The first-order valence-corrected chi connectivity index (χ1v) is 9.46. The minimum atomic E-state index is -0.551. The maximum absolute atomic E-state index is 12.0. The number of phenolic OH excluding ortho intramolecular Hbond substituents is 1. The van der Waals surface area contributed by atoms with Gasteiger partial charge in [-0.2, -0.15) is 10.4 Å². The Balaban J connectivity index is 2.03. The number of methoxy groups -OCH3 is 1. The van der Waals surface area contributed by atoms with Gasteiger partial charge in [0.05, 0.1) is 17.3 Å². The first kappa shape index (κ1) is 21.8. The Kier molecular flexibility index (Phi) is 7.92. The van der Waals surface area contributed by atoms with Crippen molar-refractivity contribution in [3.8, 4) is 17.7 Å². The number of halogens is 2. The van der Waals surface area contributed by atoms with Crippen molar-refractivity contribution in [2.75, 3.05) is 13.7 Å². The zero-order valence-electron chi connectivity index (χ0n) is 15.0. The number of benzene rings is 1. The number of nitriles is 1. The van der Waals surface area contributed by atoms with E-state index in [1.54, 1.807) is 25.1 Å². The van der Waals surface area contributed by atoms with Crippen molar-refractivity contribution in [3.63, 3.8) is 0 Å². The average Bonchev–Trinajstić information content (AvgIpc) is 2.64. The summed E-state index contributed by atoms with van der Waals surface area (Å²) in [6.45, 7) is 1.59. The van der Waals surface area contributed by atoms with E-state index in [9.17, 15) is 15.2 Å². The molecule has 2 aromatic rings. The summed E-state index contributed by atoms with van der Waals surface area (Å²) in [6.07, 6.45) is 1.30. The van der Waals surface area contributed by atoms with Crippen LogP contribution in [0.2, 0.25) is 0 Å². The lowest BCUT2D eigenvalue weighted by atomic mass is 10.1. The van der Waals surface area contributed by atoms with Crippen LogP contribution in [0.25, 0.3) is 0 Å². The van der Waals surface area contributed by atoms with Crippen LogP contribution in [-0.4, -0.2) is 35.9 Å². The second-order valence-electron chi connectivity index (χ2n) is 5.56. The van der Waals surface area contributed by atoms with Gasteiger partial charge in [0.2, 0.25) is 5.88 Å². The van der Waals surface area contributed by atoms with Gasteiger partial charge in [-0.15, -0.1) is 0 Å². The molecule has 1 heterocycles. The number of amides is 1. The lowest BCUT2D eigenvalue weighted by molar-refractivity contribution is -0.123. The molecule has 0 unspecified atom stereocenters. The largest absolute Gasteiger partial charge is 0.506 e. The molecule has 2 rings (SSSR count). The molecule has 0 radical (unpaired) electrons. The van der Waals surface area contributed by atoms with Crippen molar-refractivity contribution in [2.24, 2.45) is 5.10 Å². The van der Waals surface area contributed by atoms with Crippen LogP contribution in [0, 0.1) is 18.3 Å². The van der Waals surface area contributed by atoms with Crippen molar-refractivity contribution in [3.05, 3.63) is 49.5 Å². The molecule has 2 N–H and O–H groups in total. The van der Waals surface area contributed by atoms with Crippen LogP contribution in [0.1, 0.15) is 22.4 Å². The summed E-state index contributed by atoms with van der Waals surface area (Å²) >= 11 is 6.52. The molecular formula is C18H16Br2N4O4. The Morgan fingerprint density at radius 2 is 2.18 bits per heavy atom. The van der Waals surface area contributed by atoms with E-state index in [1.165, 1.54) is 13.3 Å². The van der Waals surface area contributed by atoms with Gasteiger partial charge in [0.15, 0.2) is 6.61 Å². The van der Waals surface area contributed by atoms with Gasteiger partial charge in [0.1, 0.15) is 17.4 Å². The van der Waals surface area contributed by atoms with Gasteiger partial charge in [-0.25, -0.2) is 10.4 Å². The number of aromatic hydroxyl groups is 1. The highest BCUT2D eigenvalue weighted by molar-refractivity contribution is 9.11. The van der Waals surface area contributed by atoms with E-state index < -0.39 is 5.91 Å². The number of nitrogens with zero attached hydrogens (tertiary/aromatic N) is 3. The zero-order valence-corrected chi connectivity index (χ0v) is 18.2. The second-order valence-corrected chi connectivity index (χ2v) is 7.33. The molecule has 0 aliphatic heterocycles. The standard InChI is InChI=1S/C18H16Br2N4O4/c1-10-3-12(8-27-2)14(6-21)18(23-10)28-9-16(25)24-22-7-11-4-13(19)5-15(20)17(11)26/h3-5,7,26H,8-9H2,1-2H3,(H,24,25)/b22-7-. The third-order valence-electron chi connectivity index (χ3n) is 3.40. The fourth-order valence-corrected chi connectivity index (χ4v) is 3.49. The molecule has 8 nitrogen and oxygen atoms in total. The summed E-state index contributed by atoms with van der Waals surface area (Å²) < 4.78 is 11.7. The molecule has 0 aliphatic carbocycles. The Hall–Kier alpha value is -2.48. The molecule has 0 spiro atoms. The molecule has 1 aromatic carbocycles. The van der Waals surface area contributed by atoms with Crippen LogP contribution in [0.5, 0.6) is 11.6 Å². The topological polar surface area (TPSA) is 117 Å². The van der Waals surface area contributed by atoms with Crippen molar-refractivity contribution in [1.29, 1.82) is 5.26 Å². The Bertz CT molecular complexity index is 958. The van der Waals surface area contributed by atoms with Gasteiger partial charge in [0.25, 0.3) is 5.91 Å². The maximum atomic E-state index is 12.0. The number of hydrogen-bond acceptors (Lipinski definition) is 7. The normalized spacial score (nSPS) is 10.7. The predicted octanol–water partition coefficient (Wildman–Crippen LogP) is 3.17. The molecule has 0 saturated carbocycles. The van der Waals surface area contributed by atoms with Crippen LogP contribution in [0.4, 0.5) is 0 Å². The summed E-state index contributed by atoms with van der Waals surface area (Å²) in [7, 11) is 1.52. The molecule has 0 saturated heterocycles. The molecule has 0 atom stereocenters. The number of hydrogen-bond donors (Lipinski definition) is 2. The van der Waals surface area contributed by atoms with E-state index in [-0.39, 0.29) is 30.4 Å². The van der Waals surface area contributed by atoms with Crippen molar-refractivity contribution >= 4 is 44.0 Å². The number of hydrazone groups is 1. The van der Waals surface area contributed by atoms with E-state index in [1.807, 2.05) is 6.07 Å². The lowest BCUT2D eigenvalue weighted by Crippen LogP contribution is -2.25. The maximum Gasteiger partial charge on any atom is 0.278 e. The first-order valence-electron chi connectivity index (χ1n) is 7.88. The highest BCUT2D eigenvalue weighted by Crippen LogP contribution is 2.30. The second kappa shape index (κ2) is 10.2. The van der Waals surface area contributed by atoms with E-state index >= 15 is 0 Å². The summed E-state index contributed by atoms with van der Waals surface area (Å²) in [4.78, 5) is 16.1. The quantitative estimate of drug-likeness (QED) is 0.435. The first-order chi connectivity index (χ1) is 13.3. The van der Waals surface area contributed by atoms with E-state index in [4.69, 9.17) is 9.47 Å². The molecular weight excluding hydrogens is 496 g/mol. The van der Waals surface area contributed by atoms with Crippen molar-refractivity contribution < 1.29 is 19.4 Å². The summed E-state index contributed by atoms with van der Waals surface area (Å²) in [5.41, 5.74) is 4.17.